The second kappa shape index (κ2) is 4.08. The lowest BCUT2D eigenvalue weighted by Gasteiger charge is -2.27. The van der Waals surface area contributed by atoms with E-state index in [2.05, 4.69) is 10.6 Å². The molecule has 5 heteroatoms. The maximum Gasteiger partial charge on any atom is 0.251 e. The lowest BCUT2D eigenvalue weighted by molar-refractivity contribution is 0.0924. The van der Waals surface area contributed by atoms with Gasteiger partial charge < -0.3 is 15.7 Å². The van der Waals surface area contributed by atoms with E-state index < -0.39 is 0 Å². The molecule has 0 saturated carbocycles. The maximum absolute atomic E-state index is 11.6. The molecule has 2 rings (SSSR count). The fourth-order valence-electron chi connectivity index (χ4n) is 1.31. The van der Waals surface area contributed by atoms with E-state index in [1.165, 1.54) is 12.1 Å². The van der Waals surface area contributed by atoms with Crippen LogP contribution in [0.2, 0.25) is 5.02 Å². The van der Waals surface area contributed by atoms with Gasteiger partial charge in [0.1, 0.15) is 5.75 Å². The summed E-state index contributed by atoms with van der Waals surface area (Å²) in [6.45, 7) is 1.61. The lowest BCUT2D eigenvalue weighted by atomic mass is 10.1. The number of aromatic hydroxyl groups is 1. The zero-order valence-corrected chi connectivity index (χ0v) is 8.71. The quantitative estimate of drug-likeness (QED) is 0.698. The van der Waals surface area contributed by atoms with E-state index in [4.69, 9.17) is 11.6 Å². The number of carbonyl (C=O) groups is 1. The minimum absolute atomic E-state index is 0.0153. The first kappa shape index (κ1) is 10.3. The Morgan fingerprint density at radius 3 is 2.80 bits per heavy atom. The van der Waals surface area contributed by atoms with Crippen LogP contribution in [0.25, 0.3) is 0 Å². The van der Waals surface area contributed by atoms with E-state index in [0.29, 0.717) is 5.56 Å². The number of nitrogens with one attached hydrogen (secondary N) is 2. The highest BCUT2D eigenvalue weighted by atomic mass is 35.5. The Hall–Kier alpha value is -1.26. The summed E-state index contributed by atoms with van der Waals surface area (Å²) in [6.07, 6.45) is 0. The SMILES string of the molecule is O=C(NC1CNC1)c1ccc(O)c(Cl)c1. The molecule has 0 aliphatic carbocycles. The molecule has 80 valence electrons. The molecule has 0 atom stereocenters. The molecule has 0 aromatic heterocycles. The van der Waals surface area contributed by atoms with Crippen molar-refractivity contribution in [3.63, 3.8) is 0 Å². The van der Waals surface area contributed by atoms with Crippen LogP contribution < -0.4 is 10.6 Å². The van der Waals surface area contributed by atoms with E-state index in [1.54, 1.807) is 6.07 Å². The van der Waals surface area contributed by atoms with E-state index in [-0.39, 0.29) is 22.7 Å². The number of hydrogen-bond acceptors (Lipinski definition) is 3. The summed E-state index contributed by atoms with van der Waals surface area (Å²) in [5, 5.41) is 15.3. The minimum atomic E-state index is -0.164. The zero-order valence-electron chi connectivity index (χ0n) is 7.96. The summed E-state index contributed by atoms with van der Waals surface area (Å²) in [4.78, 5) is 11.6. The summed E-state index contributed by atoms with van der Waals surface area (Å²) in [7, 11) is 0. The van der Waals surface area contributed by atoms with E-state index >= 15 is 0 Å². The number of carbonyl (C=O) groups excluding carboxylic acids is 1. The average Bonchev–Trinajstić information content (AvgIpc) is 2.15. The number of phenolic OH excluding ortho intramolecular Hbond substituents is 1. The third-order valence-corrected chi connectivity index (χ3v) is 2.63. The van der Waals surface area contributed by atoms with Gasteiger partial charge in [0.2, 0.25) is 0 Å². The van der Waals surface area contributed by atoms with Crippen LogP contribution in [0, 0.1) is 0 Å². The number of amides is 1. The molecule has 1 aromatic rings. The third kappa shape index (κ3) is 2.22. The first-order valence-electron chi connectivity index (χ1n) is 4.67. The van der Waals surface area contributed by atoms with Crippen LogP contribution in [0.1, 0.15) is 10.4 Å². The molecule has 1 aliphatic heterocycles. The van der Waals surface area contributed by atoms with Crippen LogP contribution >= 0.6 is 11.6 Å². The summed E-state index contributed by atoms with van der Waals surface area (Å²) >= 11 is 5.70. The minimum Gasteiger partial charge on any atom is -0.506 e. The van der Waals surface area contributed by atoms with E-state index in [9.17, 15) is 9.90 Å². The van der Waals surface area contributed by atoms with Gasteiger partial charge in [0.15, 0.2) is 0 Å². The lowest BCUT2D eigenvalue weighted by Crippen LogP contribution is -2.56. The number of halogens is 1. The molecule has 0 radical (unpaired) electrons. The Labute approximate surface area is 92.2 Å². The molecule has 15 heavy (non-hydrogen) atoms. The van der Waals surface area contributed by atoms with Crippen molar-refractivity contribution in [2.75, 3.05) is 13.1 Å². The van der Waals surface area contributed by atoms with Crippen LogP contribution in [0.3, 0.4) is 0 Å². The van der Waals surface area contributed by atoms with Gasteiger partial charge in [-0.25, -0.2) is 0 Å². The van der Waals surface area contributed by atoms with Gasteiger partial charge >= 0.3 is 0 Å². The van der Waals surface area contributed by atoms with Gasteiger partial charge in [-0.15, -0.1) is 0 Å². The summed E-state index contributed by atoms with van der Waals surface area (Å²) in [5.74, 6) is -0.179. The molecule has 1 fully saturated rings. The molecule has 0 bridgehead atoms. The van der Waals surface area contributed by atoms with Crippen molar-refractivity contribution in [2.24, 2.45) is 0 Å². The Bertz CT molecular complexity index is 391. The first-order valence-corrected chi connectivity index (χ1v) is 5.04. The number of phenols is 1. The molecule has 1 heterocycles. The molecule has 0 spiro atoms. The second-order valence-corrected chi connectivity index (χ2v) is 3.90. The van der Waals surface area contributed by atoms with Crippen molar-refractivity contribution in [1.82, 2.24) is 10.6 Å². The smallest absolute Gasteiger partial charge is 0.251 e. The molecular weight excluding hydrogens is 216 g/mol. The zero-order chi connectivity index (χ0) is 10.8. The molecule has 1 aromatic carbocycles. The van der Waals surface area contributed by atoms with E-state index in [1.807, 2.05) is 0 Å². The van der Waals surface area contributed by atoms with Crippen molar-refractivity contribution >= 4 is 17.5 Å². The number of hydrogen-bond donors (Lipinski definition) is 3. The Morgan fingerprint density at radius 1 is 1.53 bits per heavy atom. The van der Waals surface area contributed by atoms with Gasteiger partial charge in [-0.2, -0.15) is 0 Å². The van der Waals surface area contributed by atoms with Gasteiger partial charge in [0.25, 0.3) is 5.91 Å². The van der Waals surface area contributed by atoms with Gasteiger partial charge in [0, 0.05) is 18.7 Å². The molecular formula is C10H11ClN2O2. The third-order valence-electron chi connectivity index (χ3n) is 2.33. The number of rotatable bonds is 2. The summed E-state index contributed by atoms with van der Waals surface area (Å²) in [6, 6.07) is 4.61. The molecule has 3 N–H and O–H groups in total. The van der Waals surface area contributed by atoms with Crippen molar-refractivity contribution in [1.29, 1.82) is 0 Å². The van der Waals surface area contributed by atoms with Crippen molar-refractivity contribution in [3.05, 3.63) is 28.8 Å². The summed E-state index contributed by atoms with van der Waals surface area (Å²) < 4.78 is 0. The Kier molecular flexibility index (Phi) is 2.79. The van der Waals surface area contributed by atoms with Crippen LogP contribution in [0.4, 0.5) is 0 Å². The second-order valence-electron chi connectivity index (χ2n) is 3.49. The fourth-order valence-corrected chi connectivity index (χ4v) is 1.49. The van der Waals surface area contributed by atoms with Gasteiger partial charge in [-0.05, 0) is 18.2 Å². The Morgan fingerprint density at radius 2 is 2.27 bits per heavy atom. The largest absolute Gasteiger partial charge is 0.506 e. The highest BCUT2D eigenvalue weighted by molar-refractivity contribution is 6.32. The summed E-state index contributed by atoms with van der Waals surface area (Å²) in [5.41, 5.74) is 0.463. The van der Waals surface area contributed by atoms with Crippen molar-refractivity contribution in [2.45, 2.75) is 6.04 Å². The standard InChI is InChI=1S/C10H11ClN2O2/c11-8-3-6(1-2-9(8)14)10(15)13-7-4-12-5-7/h1-3,7,12,14H,4-5H2,(H,13,15). The van der Waals surface area contributed by atoms with Crippen LogP contribution in [0.15, 0.2) is 18.2 Å². The van der Waals surface area contributed by atoms with Gasteiger partial charge in [-0.1, -0.05) is 11.6 Å². The molecule has 4 nitrogen and oxygen atoms in total. The van der Waals surface area contributed by atoms with Crippen molar-refractivity contribution in [3.8, 4) is 5.75 Å². The predicted octanol–water partition coefficient (Wildman–Crippen LogP) is 0.747. The Balaban J connectivity index is 2.07. The maximum atomic E-state index is 11.6. The van der Waals surface area contributed by atoms with Gasteiger partial charge in [0.05, 0.1) is 11.1 Å². The normalized spacial score (nSPS) is 15.8. The fraction of sp³-hybridized carbons (Fsp3) is 0.300. The van der Waals surface area contributed by atoms with Crippen LogP contribution in [-0.4, -0.2) is 30.1 Å². The molecule has 1 saturated heterocycles. The highest BCUT2D eigenvalue weighted by Gasteiger charge is 2.19. The highest BCUT2D eigenvalue weighted by Crippen LogP contribution is 2.23. The monoisotopic (exact) mass is 226 g/mol. The van der Waals surface area contributed by atoms with E-state index in [0.717, 1.165) is 13.1 Å². The molecule has 0 unspecified atom stereocenters. The molecule has 1 amide bonds. The van der Waals surface area contributed by atoms with Crippen molar-refractivity contribution < 1.29 is 9.90 Å². The van der Waals surface area contributed by atoms with Gasteiger partial charge in [-0.3, -0.25) is 4.79 Å². The topological polar surface area (TPSA) is 61.4 Å². The predicted molar refractivity (Wildman–Crippen MR) is 57.2 cm³/mol. The van der Waals surface area contributed by atoms with Crippen LogP contribution in [0.5, 0.6) is 5.75 Å². The number of benzene rings is 1. The average molecular weight is 227 g/mol. The molecule has 1 aliphatic rings. The van der Waals surface area contributed by atoms with Crippen LogP contribution in [-0.2, 0) is 0 Å². The first-order chi connectivity index (χ1) is 7.16.